The summed E-state index contributed by atoms with van der Waals surface area (Å²) in [6.07, 6.45) is -0.625. The van der Waals surface area contributed by atoms with E-state index >= 15 is 0 Å². The molecule has 2 unspecified atom stereocenters. The van der Waals surface area contributed by atoms with E-state index in [2.05, 4.69) is 21.7 Å². The number of likely N-dealkylation sites (tertiary alicyclic amines) is 1. The predicted octanol–water partition coefficient (Wildman–Crippen LogP) is 5.93. The highest BCUT2D eigenvalue weighted by molar-refractivity contribution is 5.83. The van der Waals surface area contributed by atoms with Crippen LogP contribution in [0.2, 0.25) is 0 Å². The number of carboxylic acids is 1. The topological polar surface area (TPSA) is 82.9 Å². The number of piperidine rings is 1. The number of aliphatic hydroxyl groups excluding tert-OH is 1. The average Bonchev–Trinajstić information content (AvgIpc) is 2.94. The Labute approximate surface area is 231 Å². The molecule has 212 valence electrons. The maximum absolute atomic E-state index is 12.8. The van der Waals surface area contributed by atoms with Gasteiger partial charge in [-0.15, -0.1) is 0 Å². The molecule has 3 atom stereocenters. The minimum Gasteiger partial charge on any atom is -0.497 e. The number of hydrogen-bond acceptors (Lipinski definition) is 5. The zero-order valence-corrected chi connectivity index (χ0v) is 22.3. The number of nitrogens with zero attached hydrogens (tertiary/aromatic N) is 2. The van der Waals surface area contributed by atoms with Gasteiger partial charge in [0.15, 0.2) is 0 Å². The van der Waals surface area contributed by atoms with Crippen LogP contribution in [-0.4, -0.2) is 52.8 Å². The fraction of sp³-hybridized carbons (Fsp3) is 0.419. The van der Waals surface area contributed by atoms with Crippen LogP contribution in [0.25, 0.3) is 10.9 Å². The molecule has 2 aromatic carbocycles. The number of carbonyl (C=O) groups is 1. The van der Waals surface area contributed by atoms with Crippen molar-refractivity contribution in [2.24, 2.45) is 11.8 Å². The number of aromatic nitrogens is 1. The van der Waals surface area contributed by atoms with E-state index < -0.39 is 23.8 Å². The molecule has 2 heterocycles. The molecule has 4 rings (SSSR count). The summed E-state index contributed by atoms with van der Waals surface area (Å²) in [6.45, 7) is 1.91. The average molecular weight is 555 g/mol. The van der Waals surface area contributed by atoms with Gasteiger partial charge in [0.1, 0.15) is 5.75 Å². The van der Waals surface area contributed by atoms with E-state index in [1.807, 2.05) is 24.3 Å². The number of methoxy groups -OCH3 is 1. The first kappa shape index (κ1) is 29.4. The molecular formula is C31H33F3N2O4. The molecule has 0 radical (unpaired) electrons. The number of alkyl halides is 3. The van der Waals surface area contributed by atoms with Gasteiger partial charge in [-0.25, -0.2) is 0 Å². The fourth-order valence-corrected chi connectivity index (χ4v) is 5.40. The van der Waals surface area contributed by atoms with Crippen molar-refractivity contribution in [1.82, 2.24) is 9.88 Å². The quantitative estimate of drug-likeness (QED) is 0.319. The molecule has 0 saturated carbocycles. The number of carboxylic acid groups (broad SMARTS) is 1. The zero-order valence-electron chi connectivity index (χ0n) is 22.3. The van der Waals surface area contributed by atoms with Crippen molar-refractivity contribution in [3.63, 3.8) is 0 Å². The summed E-state index contributed by atoms with van der Waals surface area (Å²) in [5, 5.41) is 21.2. The van der Waals surface area contributed by atoms with Crippen LogP contribution in [0.4, 0.5) is 13.2 Å². The van der Waals surface area contributed by atoms with E-state index in [9.17, 15) is 28.2 Å². The number of pyridine rings is 1. The van der Waals surface area contributed by atoms with Crippen molar-refractivity contribution in [2.75, 3.05) is 26.7 Å². The number of halogens is 3. The minimum absolute atomic E-state index is 0.0730. The van der Waals surface area contributed by atoms with Crippen molar-refractivity contribution >= 4 is 16.9 Å². The summed E-state index contributed by atoms with van der Waals surface area (Å²) in [5.41, 5.74) is 1.38. The third kappa shape index (κ3) is 7.74. The van der Waals surface area contributed by atoms with Gasteiger partial charge in [0.25, 0.3) is 0 Å². The molecule has 1 aliphatic rings. The van der Waals surface area contributed by atoms with Crippen molar-refractivity contribution in [2.45, 2.75) is 44.4 Å². The van der Waals surface area contributed by atoms with E-state index in [0.717, 1.165) is 48.0 Å². The number of ether oxygens (including phenoxy) is 1. The first-order valence-electron chi connectivity index (χ1n) is 13.3. The molecule has 1 fully saturated rings. The van der Waals surface area contributed by atoms with Crippen LogP contribution in [0, 0.1) is 23.7 Å². The zero-order chi connectivity index (χ0) is 28.7. The van der Waals surface area contributed by atoms with Gasteiger partial charge >= 0.3 is 12.1 Å². The number of aliphatic carboxylic acids is 1. The van der Waals surface area contributed by atoms with E-state index in [1.165, 1.54) is 12.1 Å². The minimum atomic E-state index is -4.38. The Balaban J connectivity index is 1.38. The Bertz CT molecular complexity index is 1360. The Morgan fingerprint density at radius 3 is 2.62 bits per heavy atom. The van der Waals surface area contributed by atoms with Gasteiger partial charge in [-0.2, -0.15) is 13.2 Å². The highest BCUT2D eigenvalue weighted by atomic mass is 19.4. The second kappa shape index (κ2) is 13.2. The van der Waals surface area contributed by atoms with Crippen molar-refractivity contribution < 1.29 is 32.9 Å². The molecule has 1 saturated heterocycles. The van der Waals surface area contributed by atoms with Gasteiger partial charge in [-0.1, -0.05) is 11.8 Å². The summed E-state index contributed by atoms with van der Waals surface area (Å²) in [4.78, 5) is 17.9. The summed E-state index contributed by atoms with van der Waals surface area (Å²) < 4.78 is 43.7. The summed E-state index contributed by atoms with van der Waals surface area (Å²) in [5.74, 6) is 6.23. The van der Waals surface area contributed by atoms with Gasteiger partial charge in [0.05, 0.1) is 30.8 Å². The van der Waals surface area contributed by atoms with Gasteiger partial charge in [0.2, 0.25) is 0 Å². The maximum atomic E-state index is 12.8. The van der Waals surface area contributed by atoms with Crippen molar-refractivity contribution in [3.8, 4) is 17.6 Å². The van der Waals surface area contributed by atoms with Gasteiger partial charge in [-0.3, -0.25) is 14.7 Å². The Kier molecular flexibility index (Phi) is 9.67. The highest BCUT2D eigenvalue weighted by Gasteiger charge is 2.31. The second-order valence-corrected chi connectivity index (χ2v) is 10.2. The van der Waals surface area contributed by atoms with Crippen LogP contribution in [0.5, 0.6) is 5.75 Å². The summed E-state index contributed by atoms with van der Waals surface area (Å²) >= 11 is 0. The molecule has 0 amide bonds. The summed E-state index contributed by atoms with van der Waals surface area (Å²) in [7, 11) is 1.59. The molecule has 1 aromatic heterocycles. The summed E-state index contributed by atoms with van der Waals surface area (Å²) in [6, 6.07) is 12.2. The smallest absolute Gasteiger partial charge is 0.416 e. The maximum Gasteiger partial charge on any atom is 0.416 e. The van der Waals surface area contributed by atoms with Gasteiger partial charge in [0, 0.05) is 30.1 Å². The van der Waals surface area contributed by atoms with E-state index in [4.69, 9.17) is 4.74 Å². The van der Waals surface area contributed by atoms with Crippen LogP contribution in [0.15, 0.2) is 54.7 Å². The van der Waals surface area contributed by atoms with E-state index in [1.54, 1.807) is 13.3 Å². The largest absolute Gasteiger partial charge is 0.497 e. The van der Waals surface area contributed by atoms with Crippen LogP contribution in [0.3, 0.4) is 0 Å². The van der Waals surface area contributed by atoms with Crippen LogP contribution >= 0.6 is 0 Å². The molecule has 0 spiro atoms. The lowest BCUT2D eigenvalue weighted by atomic mass is 9.79. The number of fused-ring (bicyclic) bond motifs is 1. The third-order valence-electron chi connectivity index (χ3n) is 7.60. The number of rotatable bonds is 9. The predicted molar refractivity (Wildman–Crippen MR) is 146 cm³/mol. The molecular weight excluding hydrogens is 521 g/mol. The molecule has 3 aromatic rings. The Morgan fingerprint density at radius 1 is 1.15 bits per heavy atom. The van der Waals surface area contributed by atoms with Crippen LogP contribution < -0.4 is 4.74 Å². The first-order chi connectivity index (χ1) is 19.1. The molecule has 6 nitrogen and oxygen atoms in total. The number of hydrogen-bond donors (Lipinski definition) is 2. The van der Waals surface area contributed by atoms with Crippen molar-refractivity contribution in [1.29, 1.82) is 0 Å². The van der Waals surface area contributed by atoms with E-state index in [-0.39, 0.29) is 18.3 Å². The molecule has 9 heteroatoms. The lowest BCUT2D eigenvalue weighted by Crippen LogP contribution is -2.41. The molecule has 0 bridgehead atoms. The van der Waals surface area contributed by atoms with Crippen LogP contribution in [-0.2, 0) is 11.0 Å². The first-order valence-corrected chi connectivity index (χ1v) is 13.3. The molecule has 2 N–H and O–H groups in total. The fourth-order valence-electron chi connectivity index (χ4n) is 5.40. The monoisotopic (exact) mass is 554 g/mol. The Morgan fingerprint density at radius 2 is 1.93 bits per heavy atom. The Hall–Kier alpha value is -3.61. The highest BCUT2D eigenvalue weighted by Crippen LogP contribution is 2.35. The molecule has 0 aliphatic carbocycles. The number of aliphatic hydroxyl groups is 1. The van der Waals surface area contributed by atoms with Gasteiger partial charge < -0.3 is 14.9 Å². The molecule has 40 heavy (non-hydrogen) atoms. The lowest BCUT2D eigenvalue weighted by Gasteiger charge is -2.38. The number of benzene rings is 2. The standard InChI is InChI=1S/C31H33F3N2O4/c1-40-25-10-11-28-27(19-25)26(14-16-35-28)29(37)12-6-22-15-18-36(20-23(22)7-13-30(38)39)17-2-3-21-4-8-24(9-5-21)31(32,33)34/h4-5,8-11,14,16,19,22-23,29,37H,6-7,12-13,15,17-18,20H2,1H3,(H,38,39)/t22?,23?,29-/m0/s1. The van der Waals surface area contributed by atoms with E-state index in [0.29, 0.717) is 37.2 Å². The third-order valence-corrected chi connectivity index (χ3v) is 7.60. The lowest BCUT2D eigenvalue weighted by molar-refractivity contribution is -0.138. The van der Waals surface area contributed by atoms with Gasteiger partial charge in [-0.05, 0) is 98.2 Å². The SMILES string of the molecule is COc1ccc2nccc([C@@H](O)CCC3CCN(CC#Cc4ccc(C(F)(F)F)cc4)CC3CCC(=O)O)c2c1. The molecule has 1 aliphatic heterocycles. The second-order valence-electron chi connectivity index (χ2n) is 10.2. The van der Waals surface area contributed by atoms with Crippen LogP contribution in [0.1, 0.15) is 54.9 Å². The normalized spacial score (nSPS) is 18.6. The van der Waals surface area contributed by atoms with Crippen molar-refractivity contribution in [3.05, 3.63) is 71.4 Å².